The number of sulfonamides is 1. The van der Waals surface area contributed by atoms with Crippen molar-refractivity contribution in [3.8, 4) is 5.88 Å². The molecule has 10 heteroatoms. The largest absolute Gasteiger partial charge is 0.468 e. The van der Waals surface area contributed by atoms with Crippen LogP contribution in [0.3, 0.4) is 0 Å². The van der Waals surface area contributed by atoms with E-state index in [1.54, 1.807) is 0 Å². The van der Waals surface area contributed by atoms with Gasteiger partial charge in [0.15, 0.2) is 6.61 Å². The summed E-state index contributed by atoms with van der Waals surface area (Å²) in [6.45, 7) is -0.879. The maximum Gasteiger partial charge on any atom is 0.422 e. The predicted molar refractivity (Wildman–Crippen MR) is 81.7 cm³/mol. The monoisotopic (exact) mass is 380 g/mol. The van der Waals surface area contributed by atoms with Gasteiger partial charge < -0.3 is 9.47 Å². The van der Waals surface area contributed by atoms with Gasteiger partial charge in [-0.1, -0.05) is 12.8 Å². The molecule has 140 valence electrons. The standard InChI is InChI=1S/C15H19F3N2O4S/c16-15(17,18)10-24-14-6-5-11(9-19-14)25(21,22)20-7-8-23-13-4-2-1-3-12(13)20/h5-6,9,12-13H,1-4,7-8,10H2. The SMILES string of the molecule is O=S(=O)(c1ccc(OCC(F)(F)F)nc1)N1CCOC2CCCCC21. The molecule has 1 aromatic rings. The van der Waals surface area contributed by atoms with Gasteiger partial charge in [-0.3, -0.25) is 0 Å². The van der Waals surface area contributed by atoms with Crippen LogP contribution in [0.2, 0.25) is 0 Å². The molecule has 2 atom stereocenters. The molecule has 2 fully saturated rings. The first-order chi connectivity index (χ1) is 11.8. The number of nitrogens with zero attached hydrogens (tertiary/aromatic N) is 2. The summed E-state index contributed by atoms with van der Waals surface area (Å²) in [7, 11) is -3.78. The van der Waals surface area contributed by atoms with Crippen molar-refractivity contribution in [2.75, 3.05) is 19.8 Å². The Labute approximate surface area is 144 Å². The molecule has 1 aliphatic carbocycles. The summed E-state index contributed by atoms with van der Waals surface area (Å²) in [6.07, 6.45) is -0.00562. The van der Waals surface area contributed by atoms with Crippen LogP contribution < -0.4 is 4.74 Å². The minimum atomic E-state index is -4.48. The summed E-state index contributed by atoms with van der Waals surface area (Å²) in [4.78, 5) is 3.63. The van der Waals surface area contributed by atoms with Crippen molar-refractivity contribution in [3.63, 3.8) is 0 Å². The van der Waals surface area contributed by atoms with Gasteiger partial charge in [-0.05, 0) is 18.9 Å². The molecule has 0 amide bonds. The quantitative estimate of drug-likeness (QED) is 0.802. The maximum atomic E-state index is 12.9. The van der Waals surface area contributed by atoms with Gasteiger partial charge in [0.1, 0.15) is 4.90 Å². The van der Waals surface area contributed by atoms with Crippen LogP contribution in [-0.4, -0.2) is 55.8 Å². The summed E-state index contributed by atoms with van der Waals surface area (Å²) in [5.74, 6) is -0.270. The Morgan fingerprint density at radius 3 is 2.72 bits per heavy atom. The summed E-state index contributed by atoms with van der Waals surface area (Å²) in [5, 5.41) is 0. The van der Waals surface area contributed by atoms with Gasteiger partial charge in [-0.25, -0.2) is 13.4 Å². The van der Waals surface area contributed by atoms with Crippen LogP contribution in [-0.2, 0) is 14.8 Å². The van der Waals surface area contributed by atoms with E-state index in [0.717, 1.165) is 37.9 Å². The van der Waals surface area contributed by atoms with Crippen molar-refractivity contribution in [1.29, 1.82) is 0 Å². The number of ether oxygens (including phenoxy) is 2. The van der Waals surface area contributed by atoms with Crippen LogP contribution in [0.15, 0.2) is 23.2 Å². The van der Waals surface area contributed by atoms with Gasteiger partial charge in [0.25, 0.3) is 0 Å². The highest BCUT2D eigenvalue weighted by atomic mass is 32.2. The molecular formula is C15H19F3N2O4S. The first-order valence-corrected chi connectivity index (χ1v) is 9.50. The predicted octanol–water partition coefficient (Wildman–Crippen LogP) is 2.35. The number of fused-ring (bicyclic) bond motifs is 1. The third kappa shape index (κ3) is 4.24. The Hall–Kier alpha value is -1.39. The zero-order chi connectivity index (χ0) is 18.1. The minimum Gasteiger partial charge on any atom is -0.468 e. The zero-order valence-corrected chi connectivity index (χ0v) is 14.2. The lowest BCUT2D eigenvalue weighted by Crippen LogP contribution is -2.54. The number of halogens is 3. The highest BCUT2D eigenvalue weighted by Gasteiger charge is 2.41. The fourth-order valence-corrected chi connectivity index (χ4v) is 4.86. The van der Waals surface area contributed by atoms with Gasteiger partial charge in [-0.15, -0.1) is 0 Å². The Bertz CT molecular complexity index is 692. The molecule has 0 radical (unpaired) electrons. The second-order valence-electron chi connectivity index (χ2n) is 6.11. The first-order valence-electron chi connectivity index (χ1n) is 8.06. The summed E-state index contributed by atoms with van der Waals surface area (Å²) in [5.41, 5.74) is 0. The van der Waals surface area contributed by atoms with E-state index >= 15 is 0 Å². The third-order valence-electron chi connectivity index (χ3n) is 4.38. The van der Waals surface area contributed by atoms with Crippen molar-refractivity contribution < 1.29 is 31.1 Å². The van der Waals surface area contributed by atoms with Crippen molar-refractivity contribution >= 4 is 10.0 Å². The van der Waals surface area contributed by atoms with E-state index < -0.39 is 22.8 Å². The number of rotatable bonds is 4. The fraction of sp³-hybridized carbons (Fsp3) is 0.667. The van der Waals surface area contributed by atoms with Crippen molar-refractivity contribution in [2.24, 2.45) is 0 Å². The Balaban J connectivity index is 1.75. The molecule has 0 bridgehead atoms. The van der Waals surface area contributed by atoms with Crippen LogP contribution in [0.1, 0.15) is 25.7 Å². The van der Waals surface area contributed by atoms with Crippen LogP contribution in [0.5, 0.6) is 5.88 Å². The van der Waals surface area contributed by atoms with Crippen LogP contribution >= 0.6 is 0 Å². The zero-order valence-electron chi connectivity index (χ0n) is 13.4. The highest BCUT2D eigenvalue weighted by molar-refractivity contribution is 7.89. The van der Waals surface area contributed by atoms with Crippen molar-refractivity contribution in [2.45, 2.75) is 48.9 Å². The number of hydrogen-bond acceptors (Lipinski definition) is 5. The van der Waals surface area contributed by atoms with Gasteiger partial charge in [-0.2, -0.15) is 17.5 Å². The summed E-state index contributed by atoms with van der Waals surface area (Å²) >= 11 is 0. The molecule has 25 heavy (non-hydrogen) atoms. The van der Waals surface area contributed by atoms with E-state index in [0.29, 0.717) is 6.61 Å². The molecule has 3 rings (SSSR count). The Kier molecular flexibility index (Phi) is 5.21. The normalized spacial score (nSPS) is 25.4. The molecule has 2 aliphatic rings. The molecule has 0 spiro atoms. The average Bonchev–Trinajstić information content (AvgIpc) is 2.59. The lowest BCUT2D eigenvalue weighted by molar-refractivity contribution is -0.154. The lowest BCUT2D eigenvalue weighted by atomic mass is 9.91. The van der Waals surface area contributed by atoms with E-state index in [1.807, 2.05) is 0 Å². The molecule has 0 aromatic carbocycles. The van der Waals surface area contributed by atoms with Crippen molar-refractivity contribution in [1.82, 2.24) is 9.29 Å². The molecule has 2 heterocycles. The molecule has 1 aliphatic heterocycles. The Morgan fingerprint density at radius 2 is 2.04 bits per heavy atom. The molecule has 2 unspecified atom stereocenters. The summed E-state index contributed by atoms with van der Waals surface area (Å²) in [6, 6.07) is 2.16. The van der Waals surface area contributed by atoms with Gasteiger partial charge in [0.2, 0.25) is 15.9 Å². The molecular weight excluding hydrogens is 361 g/mol. The number of morpholine rings is 1. The van der Waals surface area contributed by atoms with E-state index in [-0.39, 0.29) is 29.5 Å². The lowest BCUT2D eigenvalue weighted by Gasteiger charge is -2.42. The Morgan fingerprint density at radius 1 is 1.28 bits per heavy atom. The second kappa shape index (κ2) is 7.08. The highest BCUT2D eigenvalue weighted by Crippen LogP contribution is 2.32. The number of hydrogen-bond donors (Lipinski definition) is 0. The summed E-state index contributed by atoms with van der Waals surface area (Å²) < 4.78 is 73.8. The number of pyridine rings is 1. The third-order valence-corrected chi connectivity index (χ3v) is 6.29. The van der Waals surface area contributed by atoms with E-state index in [1.165, 1.54) is 10.4 Å². The topological polar surface area (TPSA) is 68.7 Å². The molecule has 1 saturated carbocycles. The molecule has 1 saturated heterocycles. The second-order valence-corrected chi connectivity index (χ2v) is 8.00. The van der Waals surface area contributed by atoms with Crippen LogP contribution in [0.25, 0.3) is 0 Å². The fourth-order valence-electron chi connectivity index (χ4n) is 3.26. The first kappa shape index (κ1) is 18.4. The maximum absolute atomic E-state index is 12.9. The van der Waals surface area contributed by atoms with Crippen LogP contribution in [0, 0.1) is 0 Å². The van der Waals surface area contributed by atoms with Gasteiger partial charge in [0, 0.05) is 12.6 Å². The van der Waals surface area contributed by atoms with E-state index in [4.69, 9.17) is 4.74 Å². The van der Waals surface area contributed by atoms with Gasteiger partial charge in [0.05, 0.1) is 24.9 Å². The van der Waals surface area contributed by atoms with Crippen LogP contribution in [0.4, 0.5) is 13.2 Å². The minimum absolute atomic E-state index is 0.0573. The van der Waals surface area contributed by atoms with E-state index in [9.17, 15) is 21.6 Å². The average molecular weight is 380 g/mol. The molecule has 1 aromatic heterocycles. The number of alkyl halides is 3. The van der Waals surface area contributed by atoms with Crippen molar-refractivity contribution in [3.05, 3.63) is 18.3 Å². The van der Waals surface area contributed by atoms with Gasteiger partial charge >= 0.3 is 6.18 Å². The smallest absolute Gasteiger partial charge is 0.422 e. The number of aromatic nitrogens is 1. The molecule has 0 N–H and O–H groups in total. The molecule has 6 nitrogen and oxygen atoms in total. The van der Waals surface area contributed by atoms with E-state index in [2.05, 4.69) is 9.72 Å².